The molecule has 0 aliphatic rings. The van der Waals surface area contributed by atoms with Gasteiger partial charge in [0.2, 0.25) is 0 Å². The van der Waals surface area contributed by atoms with Crippen LogP contribution in [0, 0.1) is 6.92 Å². The maximum Gasteiger partial charge on any atom is 0.164 e. The summed E-state index contributed by atoms with van der Waals surface area (Å²) in [6.45, 7) is 2.11. The van der Waals surface area contributed by atoms with Crippen LogP contribution in [0.1, 0.15) is 5.56 Å². The van der Waals surface area contributed by atoms with Crippen LogP contribution in [-0.4, -0.2) is 15.0 Å². The molecule has 0 bridgehead atoms. The summed E-state index contributed by atoms with van der Waals surface area (Å²) in [7, 11) is 0. The van der Waals surface area contributed by atoms with Gasteiger partial charge in [0.05, 0.1) is 0 Å². The monoisotopic (exact) mass is 717 g/mol. The fourth-order valence-electron chi connectivity index (χ4n) is 7.56. The lowest BCUT2D eigenvalue weighted by Crippen LogP contribution is -2.00. The number of benzene rings is 8. The van der Waals surface area contributed by atoms with Crippen LogP contribution < -0.4 is 0 Å². The number of aryl methyl sites for hydroxylation is 1. The number of furan rings is 1. The average Bonchev–Trinajstić information content (AvgIpc) is 3.65. The molecule has 10 aromatic rings. The number of aromatic nitrogens is 3. The van der Waals surface area contributed by atoms with Gasteiger partial charge in [-0.05, 0) is 81.8 Å². The number of nitrogens with zero attached hydrogens (tertiary/aromatic N) is 3. The minimum Gasteiger partial charge on any atom is -0.456 e. The van der Waals surface area contributed by atoms with E-state index in [4.69, 9.17) is 19.4 Å². The van der Waals surface area contributed by atoms with Crippen molar-refractivity contribution < 1.29 is 4.42 Å². The van der Waals surface area contributed by atoms with E-state index in [1.165, 1.54) is 16.7 Å². The van der Waals surface area contributed by atoms with Gasteiger partial charge in [-0.1, -0.05) is 169 Å². The van der Waals surface area contributed by atoms with Gasteiger partial charge in [0, 0.05) is 27.5 Å². The highest BCUT2D eigenvalue weighted by Crippen LogP contribution is 2.41. The quantitative estimate of drug-likeness (QED) is 0.165. The van der Waals surface area contributed by atoms with E-state index in [2.05, 4.69) is 159 Å². The molecule has 0 spiro atoms. The van der Waals surface area contributed by atoms with Crippen molar-refractivity contribution in [2.75, 3.05) is 0 Å². The van der Waals surface area contributed by atoms with E-state index in [0.29, 0.717) is 17.5 Å². The van der Waals surface area contributed by atoms with Crippen LogP contribution in [0.2, 0.25) is 0 Å². The van der Waals surface area contributed by atoms with Crippen molar-refractivity contribution in [3.8, 4) is 78.7 Å². The van der Waals surface area contributed by atoms with Crippen molar-refractivity contribution >= 4 is 21.9 Å². The Morgan fingerprint density at radius 1 is 0.321 bits per heavy atom. The second-order valence-electron chi connectivity index (χ2n) is 14.1. The third kappa shape index (κ3) is 6.33. The van der Waals surface area contributed by atoms with Gasteiger partial charge in [0.15, 0.2) is 17.5 Å². The van der Waals surface area contributed by atoms with Gasteiger partial charge >= 0.3 is 0 Å². The lowest BCUT2D eigenvalue weighted by molar-refractivity contribution is 0.669. The molecule has 0 saturated heterocycles. The Labute approximate surface area is 325 Å². The Morgan fingerprint density at radius 3 is 1.45 bits per heavy atom. The van der Waals surface area contributed by atoms with Crippen LogP contribution in [0.3, 0.4) is 0 Å². The smallest absolute Gasteiger partial charge is 0.164 e. The molecule has 2 heterocycles. The fourth-order valence-corrected chi connectivity index (χ4v) is 7.56. The highest BCUT2D eigenvalue weighted by Gasteiger charge is 2.18. The van der Waals surface area contributed by atoms with E-state index < -0.39 is 0 Å². The third-order valence-corrected chi connectivity index (χ3v) is 10.4. The first kappa shape index (κ1) is 33.2. The van der Waals surface area contributed by atoms with Crippen LogP contribution >= 0.6 is 0 Å². The van der Waals surface area contributed by atoms with E-state index in [-0.39, 0.29) is 0 Å². The summed E-state index contributed by atoms with van der Waals surface area (Å²) in [5.74, 6) is 1.81. The van der Waals surface area contributed by atoms with E-state index >= 15 is 0 Å². The Hall–Kier alpha value is -7.43. The summed E-state index contributed by atoms with van der Waals surface area (Å²) in [6.07, 6.45) is 0. The van der Waals surface area contributed by atoms with Crippen LogP contribution in [0.4, 0.5) is 0 Å². The predicted octanol–water partition coefficient (Wildman–Crippen LogP) is 13.7. The highest BCUT2D eigenvalue weighted by molar-refractivity contribution is 6.14. The molecule has 0 unspecified atom stereocenters. The molecule has 0 aliphatic heterocycles. The summed E-state index contributed by atoms with van der Waals surface area (Å²) in [4.78, 5) is 15.2. The second-order valence-corrected chi connectivity index (χ2v) is 14.1. The number of hydrogen-bond donors (Lipinski definition) is 0. The molecular weight excluding hydrogens is 683 g/mol. The molecule has 56 heavy (non-hydrogen) atoms. The standard InChI is InChI=1S/C52H35N3O/c1-34-13-11-20-40(29-34)41-21-12-22-42(30-41)51-53-50(39-18-9-4-10-19-39)54-52(55-51)43-27-28-45-47(32-43)56-48-33-44(36-16-7-3-8-17-36)31-46(49(45)48)38-25-23-37(24-26-38)35-14-5-2-6-15-35/h2-33H,1H3. The molecule has 0 atom stereocenters. The van der Waals surface area contributed by atoms with Crippen LogP contribution in [-0.2, 0) is 0 Å². The van der Waals surface area contributed by atoms with Gasteiger partial charge in [-0.2, -0.15) is 0 Å². The number of hydrogen-bond acceptors (Lipinski definition) is 4. The van der Waals surface area contributed by atoms with Crippen molar-refractivity contribution in [1.29, 1.82) is 0 Å². The van der Waals surface area contributed by atoms with Crippen LogP contribution in [0.15, 0.2) is 199 Å². The summed E-state index contributed by atoms with van der Waals surface area (Å²) in [5, 5.41) is 2.11. The Bertz CT molecular complexity index is 3010. The normalized spacial score (nSPS) is 11.3. The Balaban J connectivity index is 1.12. The molecule has 4 heteroatoms. The molecule has 0 amide bonds. The first-order valence-electron chi connectivity index (χ1n) is 18.8. The lowest BCUT2D eigenvalue weighted by atomic mass is 9.93. The van der Waals surface area contributed by atoms with Crippen molar-refractivity contribution in [3.63, 3.8) is 0 Å². The third-order valence-electron chi connectivity index (χ3n) is 10.4. The largest absolute Gasteiger partial charge is 0.456 e. The summed E-state index contributed by atoms with van der Waals surface area (Å²) >= 11 is 0. The van der Waals surface area contributed by atoms with Crippen molar-refractivity contribution in [2.45, 2.75) is 6.92 Å². The molecule has 0 N–H and O–H groups in total. The van der Waals surface area contributed by atoms with Crippen molar-refractivity contribution in [1.82, 2.24) is 15.0 Å². The minimum atomic E-state index is 0.582. The summed E-state index contributed by atoms with van der Waals surface area (Å²) in [6, 6.07) is 67.6. The van der Waals surface area contributed by atoms with Crippen LogP contribution in [0.25, 0.3) is 101 Å². The van der Waals surface area contributed by atoms with E-state index in [1.807, 2.05) is 42.5 Å². The van der Waals surface area contributed by atoms with Gasteiger partial charge in [-0.15, -0.1) is 0 Å². The van der Waals surface area contributed by atoms with Crippen molar-refractivity contribution in [3.05, 3.63) is 200 Å². The van der Waals surface area contributed by atoms with Gasteiger partial charge in [0.1, 0.15) is 11.2 Å². The molecule has 4 nitrogen and oxygen atoms in total. The average molecular weight is 718 g/mol. The van der Waals surface area contributed by atoms with Gasteiger partial charge in [0.25, 0.3) is 0 Å². The predicted molar refractivity (Wildman–Crippen MR) is 230 cm³/mol. The first-order valence-corrected chi connectivity index (χ1v) is 18.8. The summed E-state index contributed by atoms with van der Waals surface area (Å²) < 4.78 is 6.76. The molecule has 10 rings (SSSR count). The first-order chi connectivity index (χ1) is 27.6. The number of fused-ring (bicyclic) bond motifs is 3. The molecule has 2 aromatic heterocycles. The zero-order chi connectivity index (χ0) is 37.4. The Kier molecular flexibility index (Phi) is 8.34. The maximum absolute atomic E-state index is 6.76. The summed E-state index contributed by atoms with van der Waals surface area (Å²) in [5.41, 5.74) is 14.6. The molecule has 0 saturated carbocycles. The van der Waals surface area contributed by atoms with E-state index in [9.17, 15) is 0 Å². The molecular formula is C52H35N3O. The highest BCUT2D eigenvalue weighted by atomic mass is 16.3. The van der Waals surface area contributed by atoms with Crippen LogP contribution in [0.5, 0.6) is 0 Å². The second kappa shape index (κ2) is 14.1. The zero-order valence-corrected chi connectivity index (χ0v) is 30.7. The Morgan fingerprint density at radius 2 is 0.786 bits per heavy atom. The van der Waals surface area contributed by atoms with E-state index in [0.717, 1.165) is 72.0 Å². The van der Waals surface area contributed by atoms with E-state index in [1.54, 1.807) is 0 Å². The lowest BCUT2D eigenvalue weighted by Gasteiger charge is -2.10. The van der Waals surface area contributed by atoms with Gasteiger partial charge < -0.3 is 4.42 Å². The SMILES string of the molecule is Cc1cccc(-c2cccc(-c3nc(-c4ccccc4)nc(-c4ccc5c(c4)oc4cc(-c6ccccc6)cc(-c6ccc(-c7ccccc7)cc6)c45)n3)c2)c1. The molecule has 0 aliphatic carbocycles. The van der Waals surface area contributed by atoms with Gasteiger partial charge in [-0.25, -0.2) is 15.0 Å². The van der Waals surface area contributed by atoms with Crippen molar-refractivity contribution in [2.24, 2.45) is 0 Å². The molecule has 0 radical (unpaired) electrons. The number of rotatable bonds is 7. The molecule has 0 fully saturated rings. The maximum atomic E-state index is 6.76. The zero-order valence-electron chi connectivity index (χ0n) is 30.7. The molecule has 8 aromatic carbocycles. The van der Waals surface area contributed by atoms with Gasteiger partial charge in [-0.3, -0.25) is 0 Å². The molecule has 264 valence electrons. The minimum absolute atomic E-state index is 0.582. The fraction of sp³-hybridized carbons (Fsp3) is 0.0192. The topological polar surface area (TPSA) is 51.8 Å².